The highest BCUT2D eigenvalue weighted by Crippen LogP contribution is 2.22. The highest BCUT2D eigenvalue weighted by molar-refractivity contribution is 7.09. The lowest BCUT2D eigenvalue weighted by molar-refractivity contribution is -0.118. The highest BCUT2D eigenvalue weighted by atomic mass is 35.5. The zero-order chi connectivity index (χ0) is 22.5. The third-order valence-corrected chi connectivity index (χ3v) is 5.85. The van der Waals surface area contributed by atoms with E-state index in [9.17, 15) is 9.18 Å². The minimum Gasteiger partial charge on any atom is -0.339 e. The number of aryl methyl sites for hydroxylation is 2. The van der Waals surface area contributed by atoms with E-state index in [1.165, 1.54) is 23.5 Å². The zero-order valence-corrected chi connectivity index (χ0v) is 18.9. The molecule has 1 amide bonds. The van der Waals surface area contributed by atoms with Gasteiger partial charge in [-0.3, -0.25) is 4.79 Å². The molecule has 0 N–H and O–H groups in total. The zero-order valence-electron chi connectivity index (χ0n) is 17.3. The highest BCUT2D eigenvalue weighted by Gasteiger charge is 2.18. The topological polar surface area (TPSA) is 72.1 Å². The van der Waals surface area contributed by atoms with Gasteiger partial charge < -0.3 is 9.42 Å². The summed E-state index contributed by atoms with van der Waals surface area (Å²) < 4.78 is 18.7. The molecule has 0 radical (unpaired) electrons. The molecule has 0 bridgehead atoms. The molecule has 0 atom stereocenters. The first-order valence-electron chi connectivity index (χ1n) is 10.0. The summed E-state index contributed by atoms with van der Waals surface area (Å²) in [6, 6.07) is 13.1. The van der Waals surface area contributed by atoms with Gasteiger partial charge in [-0.15, -0.1) is 11.3 Å². The van der Waals surface area contributed by atoms with Crippen molar-refractivity contribution in [3.8, 4) is 11.4 Å². The normalized spacial score (nSPS) is 11.0. The first kappa shape index (κ1) is 22.1. The van der Waals surface area contributed by atoms with E-state index in [0.29, 0.717) is 41.8 Å². The Kier molecular flexibility index (Phi) is 6.92. The van der Waals surface area contributed by atoms with Crippen LogP contribution in [-0.4, -0.2) is 21.0 Å². The Balaban J connectivity index is 1.40. The van der Waals surface area contributed by atoms with Crippen LogP contribution in [0.3, 0.4) is 0 Å². The predicted molar refractivity (Wildman–Crippen MR) is 122 cm³/mol. The molecule has 2 aromatic carbocycles. The molecule has 2 aromatic heterocycles. The van der Waals surface area contributed by atoms with Gasteiger partial charge >= 0.3 is 0 Å². The lowest BCUT2D eigenvalue weighted by Gasteiger charge is -2.22. The van der Waals surface area contributed by atoms with Crippen LogP contribution in [0.15, 0.2) is 58.4 Å². The summed E-state index contributed by atoms with van der Waals surface area (Å²) in [6.07, 6.45) is 1.29. The Morgan fingerprint density at radius 3 is 2.56 bits per heavy atom. The number of carbonyl (C=O) groups excluding carboxylic acids is 1. The monoisotopic (exact) mass is 470 g/mol. The largest absolute Gasteiger partial charge is 0.339 e. The van der Waals surface area contributed by atoms with Crippen LogP contribution in [0.5, 0.6) is 0 Å². The second-order valence-electron chi connectivity index (χ2n) is 7.19. The van der Waals surface area contributed by atoms with Crippen molar-refractivity contribution in [1.29, 1.82) is 0 Å². The SMILES string of the molecule is Cc1nc(CN(C(=O)CCCc2nc(-c3ccc(Cl)cc3)no2)c2ccc(F)cc2)cs1. The molecule has 9 heteroatoms. The minimum absolute atomic E-state index is 0.0836. The molecular weight excluding hydrogens is 451 g/mol. The summed E-state index contributed by atoms with van der Waals surface area (Å²) in [5, 5.41) is 7.49. The molecule has 6 nitrogen and oxygen atoms in total. The van der Waals surface area contributed by atoms with Gasteiger partial charge in [0.2, 0.25) is 17.6 Å². The number of anilines is 1. The molecular formula is C23H20ClFN4O2S. The summed E-state index contributed by atoms with van der Waals surface area (Å²) >= 11 is 7.44. The van der Waals surface area contributed by atoms with E-state index < -0.39 is 0 Å². The number of amides is 1. The summed E-state index contributed by atoms with van der Waals surface area (Å²) in [4.78, 5) is 23.5. The molecule has 0 unspecified atom stereocenters. The number of halogens is 2. The van der Waals surface area contributed by atoms with Crippen LogP contribution in [0.4, 0.5) is 10.1 Å². The van der Waals surface area contributed by atoms with Crippen molar-refractivity contribution in [2.45, 2.75) is 32.7 Å². The molecule has 4 aromatic rings. The molecule has 0 aliphatic rings. The van der Waals surface area contributed by atoms with Crippen LogP contribution < -0.4 is 4.90 Å². The van der Waals surface area contributed by atoms with E-state index in [1.807, 2.05) is 24.4 Å². The Morgan fingerprint density at radius 2 is 1.88 bits per heavy atom. The average molecular weight is 471 g/mol. The second kappa shape index (κ2) is 10.0. The van der Waals surface area contributed by atoms with Crippen LogP contribution in [0.2, 0.25) is 5.02 Å². The quantitative estimate of drug-likeness (QED) is 0.323. The van der Waals surface area contributed by atoms with Crippen LogP contribution in [0.25, 0.3) is 11.4 Å². The fourth-order valence-electron chi connectivity index (χ4n) is 3.19. The maximum Gasteiger partial charge on any atom is 0.227 e. The number of nitrogens with zero attached hydrogens (tertiary/aromatic N) is 4. The first-order chi connectivity index (χ1) is 15.5. The lowest BCUT2D eigenvalue weighted by atomic mass is 10.2. The maximum atomic E-state index is 13.4. The molecule has 164 valence electrons. The minimum atomic E-state index is -0.349. The number of rotatable bonds is 8. The number of hydrogen-bond donors (Lipinski definition) is 0. The van der Waals surface area contributed by atoms with E-state index in [1.54, 1.807) is 29.2 Å². The second-order valence-corrected chi connectivity index (χ2v) is 8.68. The summed E-state index contributed by atoms with van der Waals surface area (Å²) in [5.41, 5.74) is 2.24. The molecule has 0 aliphatic heterocycles. The van der Waals surface area contributed by atoms with E-state index in [4.69, 9.17) is 16.1 Å². The van der Waals surface area contributed by atoms with Crippen LogP contribution in [-0.2, 0) is 17.8 Å². The number of aromatic nitrogens is 3. The lowest BCUT2D eigenvalue weighted by Crippen LogP contribution is -2.30. The van der Waals surface area contributed by atoms with Crippen LogP contribution in [0, 0.1) is 12.7 Å². The van der Waals surface area contributed by atoms with E-state index in [-0.39, 0.29) is 18.1 Å². The van der Waals surface area contributed by atoms with Crippen molar-refractivity contribution in [1.82, 2.24) is 15.1 Å². The molecule has 0 fully saturated rings. The Hall–Kier alpha value is -3.10. The number of thiazole rings is 1. The maximum absolute atomic E-state index is 13.4. The number of hydrogen-bond acceptors (Lipinski definition) is 6. The number of carbonyl (C=O) groups is 1. The van der Waals surface area contributed by atoms with Crippen molar-refractivity contribution in [3.05, 3.63) is 81.3 Å². The van der Waals surface area contributed by atoms with Gasteiger partial charge in [-0.1, -0.05) is 16.8 Å². The van der Waals surface area contributed by atoms with Crippen molar-refractivity contribution < 1.29 is 13.7 Å². The van der Waals surface area contributed by atoms with E-state index in [2.05, 4.69) is 15.1 Å². The van der Waals surface area contributed by atoms with Gasteiger partial charge in [0.1, 0.15) is 5.82 Å². The van der Waals surface area contributed by atoms with Crippen LogP contribution in [0.1, 0.15) is 29.4 Å². The third kappa shape index (κ3) is 5.57. The standard InChI is InChI=1S/C23H20ClFN4O2S/c1-15-26-19(14-32-15)13-29(20-11-9-18(25)10-12-20)22(30)4-2-3-21-27-23(28-31-21)16-5-7-17(24)8-6-16/h5-12,14H,2-4,13H2,1H3. The van der Waals surface area contributed by atoms with Crippen molar-refractivity contribution in [2.24, 2.45) is 0 Å². The molecule has 32 heavy (non-hydrogen) atoms. The van der Waals surface area contributed by atoms with E-state index >= 15 is 0 Å². The third-order valence-electron chi connectivity index (χ3n) is 4.78. The van der Waals surface area contributed by atoms with Crippen molar-refractivity contribution in [2.75, 3.05) is 4.90 Å². The molecule has 0 saturated heterocycles. The number of benzene rings is 2. The molecule has 0 spiro atoms. The molecule has 2 heterocycles. The Labute approximate surface area is 193 Å². The van der Waals surface area contributed by atoms with E-state index in [0.717, 1.165) is 16.3 Å². The van der Waals surface area contributed by atoms with Crippen molar-refractivity contribution >= 4 is 34.5 Å². The van der Waals surface area contributed by atoms with Gasteiger partial charge in [0.25, 0.3) is 0 Å². The predicted octanol–water partition coefficient (Wildman–Crippen LogP) is 5.85. The van der Waals surface area contributed by atoms with Gasteiger partial charge in [0.15, 0.2) is 0 Å². The molecule has 0 saturated carbocycles. The van der Waals surface area contributed by atoms with Gasteiger partial charge in [-0.25, -0.2) is 9.37 Å². The summed E-state index contributed by atoms with van der Waals surface area (Å²) in [5.74, 6) is 0.513. The summed E-state index contributed by atoms with van der Waals surface area (Å²) in [7, 11) is 0. The smallest absolute Gasteiger partial charge is 0.227 e. The summed E-state index contributed by atoms with van der Waals surface area (Å²) in [6.45, 7) is 2.25. The molecule has 0 aliphatic carbocycles. The fourth-order valence-corrected chi connectivity index (χ4v) is 3.92. The van der Waals surface area contributed by atoms with Gasteiger partial charge in [0.05, 0.1) is 17.2 Å². The fraction of sp³-hybridized carbons (Fsp3) is 0.217. The van der Waals surface area contributed by atoms with Gasteiger partial charge in [-0.2, -0.15) is 4.98 Å². The Morgan fingerprint density at radius 1 is 1.12 bits per heavy atom. The van der Waals surface area contributed by atoms with Crippen molar-refractivity contribution in [3.63, 3.8) is 0 Å². The van der Waals surface area contributed by atoms with Gasteiger partial charge in [0, 0.05) is 34.5 Å². The Bertz CT molecular complexity index is 1190. The molecule has 4 rings (SSSR count). The van der Waals surface area contributed by atoms with Gasteiger partial charge in [-0.05, 0) is 61.9 Å². The first-order valence-corrected chi connectivity index (χ1v) is 11.3. The van der Waals surface area contributed by atoms with Crippen LogP contribution >= 0.6 is 22.9 Å². The average Bonchev–Trinajstić information content (AvgIpc) is 3.42.